The van der Waals surface area contributed by atoms with Crippen LogP contribution in [0.5, 0.6) is 0 Å². The van der Waals surface area contributed by atoms with E-state index in [1.54, 1.807) is 0 Å². The maximum Gasteiger partial charge on any atom is 0.237 e. The number of rotatable bonds is 3. The maximum absolute atomic E-state index is 11.2. The molecular formula is C9H18N2O. The monoisotopic (exact) mass is 170 g/mol. The number of nitrogens with one attached hydrogen (secondary N) is 1. The van der Waals surface area contributed by atoms with Gasteiger partial charge in [0.05, 0.1) is 5.54 Å². The van der Waals surface area contributed by atoms with E-state index in [1.165, 1.54) is 0 Å². The molecule has 0 aromatic heterocycles. The van der Waals surface area contributed by atoms with Gasteiger partial charge in [-0.1, -0.05) is 13.3 Å². The molecule has 0 spiro atoms. The Kier molecular flexibility index (Phi) is 2.73. The number of primary amides is 1. The first-order valence-electron chi connectivity index (χ1n) is 4.63. The second-order valence-corrected chi connectivity index (χ2v) is 3.71. The molecule has 2 unspecified atom stereocenters. The van der Waals surface area contributed by atoms with Gasteiger partial charge >= 0.3 is 0 Å². The van der Waals surface area contributed by atoms with Crippen LogP contribution in [-0.2, 0) is 4.79 Å². The minimum atomic E-state index is -0.402. The minimum absolute atomic E-state index is 0.194. The van der Waals surface area contributed by atoms with Crippen molar-refractivity contribution in [2.75, 3.05) is 7.05 Å². The quantitative estimate of drug-likeness (QED) is 0.653. The topological polar surface area (TPSA) is 55.1 Å². The fourth-order valence-electron chi connectivity index (χ4n) is 2.07. The van der Waals surface area contributed by atoms with E-state index in [-0.39, 0.29) is 5.91 Å². The van der Waals surface area contributed by atoms with Gasteiger partial charge in [0.25, 0.3) is 0 Å². The molecular weight excluding hydrogens is 152 g/mol. The number of amides is 1. The molecule has 12 heavy (non-hydrogen) atoms. The van der Waals surface area contributed by atoms with Crippen molar-refractivity contribution in [1.82, 2.24) is 5.32 Å². The lowest BCUT2D eigenvalue weighted by molar-refractivity contribution is -0.124. The average Bonchev–Trinajstić information content (AvgIpc) is 2.48. The second-order valence-electron chi connectivity index (χ2n) is 3.71. The van der Waals surface area contributed by atoms with E-state index in [2.05, 4.69) is 12.2 Å². The average molecular weight is 170 g/mol. The fraction of sp³-hybridized carbons (Fsp3) is 0.889. The van der Waals surface area contributed by atoms with E-state index >= 15 is 0 Å². The zero-order valence-electron chi connectivity index (χ0n) is 7.89. The van der Waals surface area contributed by atoms with Crippen molar-refractivity contribution in [3.63, 3.8) is 0 Å². The normalized spacial score (nSPS) is 35.3. The van der Waals surface area contributed by atoms with E-state index in [1.807, 2.05) is 7.05 Å². The highest BCUT2D eigenvalue weighted by Gasteiger charge is 2.41. The van der Waals surface area contributed by atoms with Crippen LogP contribution in [0, 0.1) is 5.92 Å². The van der Waals surface area contributed by atoms with E-state index < -0.39 is 5.54 Å². The molecule has 0 heterocycles. The highest BCUT2D eigenvalue weighted by molar-refractivity contribution is 5.85. The Labute approximate surface area is 73.7 Å². The highest BCUT2D eigenvalue weighted by atomic mass is 16.1. The Balaban J connectivity index is 2.66. The first kappa shape index (κ1) is 9.52. The summed E-state index contributed by atoms with van der Waals surface area (Å²) in [7, 11) is 1.82. The summed E-state index contributed by atoms with van der Waals surface area (Å²) in [4.78, 5) is 11.2. The van der Waals surface area contributed by atoms with E-state index in [9.17, 15) is 4.79 Å². The lowest BCUT2D eigenvalue weighted by Gasteiger charge is -2.24. The Bertz CT molecular complexity index is 181. The lowest BCUT2D eigenvalue weighted by Crippen LogP contribution is -2.52. The molecule has 1 amide bonds. The molecule has 3 heteroatoms. The van der Waals surface area contributed by atoms with Crippen LogP contribution in [-0.4, -0.2) is 18.5 Å². The number of carbonyl (C=O) groups excluding carboxylic acids is 1. The SMILES string of the molecule is CCC1CCC(NC)(C(N)=O)C1. The maximum atomic E-state index is 11.2. The molecule has 0 aromatic carbocycles. The highest BCUT2D eigenvalue weighted by Crippen LogP contribution is 2.35. The summed E-state index contributed by atoms with van der Waals surface area (Å²) in [6, 6.07) is 0. The lowest BCUT2D eigenvalue weighted by atomic mass is 9.94. The van der Waals surface area contributed by atoms with Crippen LogP contribution in [0.3, 0.4) is 0 Å². The summed E-state index contributed by atoms with van der Waals surface area (Å²) in [5, 5.41) is 3.07. The summed E-state index contributed by atoms with van der Waals surface area (Å²) in [5.74, 6) is 0.478. The standard InChI is InChI=1S/C9H18N2O/c1-3-7-4-5-9(6-7,11-2)8(10)12/h7,11H,3-6H2,1-2H3,(H2,10,12). The molecule has 2 atom stereocenters. The molecule has 0 radical (unpaired) electrons. The molecule has 1 fully saturated rings. The predicted molar refractivity (Wildman–Crippen MR) is 48.6 cm³/mol. The first-order valence-corrected chi connectivity index (χ1v) is 4.63. The van der Waals surface area contributed by atoms with Gasteiger partial charge < -0.3 is 11.1 Å². The zero-order valence-corrected chi connectivity index (χ0v) is 7.89. The zero-order chi connectivity index (χ0) is 9.19. The van der Waals surface area contributed by atoms with Gasteiger partial charge in [0.1, 0.15) is 0 Å². The minimum Gasteiger partial charge on any atom is -0.368 e. The van der Waals surface area contributed by atoms with Crippen LogP contribution in [0.25, 0.3) is 0 Å². The molecule has 3 nitrogen and oxygen atoms in total. The molecule has 1 aliphatic carbocycles. The van der Waals surface area contributed by atoms with Crippen molar-refractivity contribution >= 4 is 5.91 Å². The van der Waals surface area contributed by atoms with Gasteiger partial charge in [-0.15, -0.1) is 0 Å². The van der Waals surface area contributed by atoms with Gasteiger partial charge in [0.15, 0.2) is 0 Å². The molecule has 70 valence electrons. The third kappa shape index (κ3) is 1.46. The molecule has 1 aliphatic rings. The molecule has 0 bridgehead atoms. The number of hydrogen-bond acceptors (Lipinski definition) is 2. The third-order valence-electron chi connectivity index (χ3n) is 3.14. The summed E-state index contributed by atoms with van der Waals surface area (Å²) in [6.45, 7) is 2.16. The van der Waals surface area contributed by atoms with Crippen LogP contribution >= 0.6 is 0 Å². The molecule has 0 aromatic rings. The first-order chi connectivity index (χ1) is 5.64. The van der Waals surface area contributed by atoms with Crippen LogP contribution in [0.4, 0.5) is 0 Å². The number of nitrogens with two attached hydrogens (primary N) is 1. The molecule has 0 aliphatic heterocycles. The van der Waals surface area contributed by atoms with Crippen molar-refractivity contribution in [2.45, 2.75) is 38.1 Å². The van der Waals surface area contributed by atoms with Gasteiger partial charge in [-0.2, -0.15) is 0 Å². The van der Waals surface area contributed by atoms with E-state index in [0.717, 1.165) is 25.7 Å². The smallest absolute Gasteiger partial charge is 0.237 e. The molecule has 1 rings (SSSR count). The van der Waals surface area contributed by atoms with Gasteiger partial charge in [-0.3, -0.25) is 4.79 Å². The third-order valence-corrected chi connectivity index (χ3v) is 3.14. The van der Waals surface area contributed by atoms with E-state index in [4.69, 9.17) is 5.73 Å². The predicted octanol–water partition coefficient (Wildman–Crippen LogP) is 0.640. The summed E-state index contributed by atoms with van der Waals surface area (Å²) in [6.07, 6.45) is 4.09. The number of carbonyl (C=O) groups is 1. The van der Waals surface area contributed by atoms with Crippen LogP contribution in [0.15, 0.2) is 0 Å². The molecule has 3 N–H and O–H groups in total. The van der Waals surface area contributed by atoms with Gasteiger partial charge in [0.2, 0.25) is 5.91 Å². The van der Waals surface area contributed by atoms with Crippen molar-refractivity contribution in [3.05, 3.63) is 0 Å². The van der Waals surface area contributed by atoms with Crippen molar-refractivity contribution < 1.29 is 4.79 Å². The Morgan fingerprint density at radius 1 is 1.75 bits per heavy atom. The van der Waals surface area contributed by atoms with Crippen molar-refractivity contribution in [1.29, 1.82) is 0 Å². The van der Waals surface area contributed by atoms with E-state index in [0.29, 0.717) is 5.92 Å². The number of likely N-dealkylation sites (N-methyl/N-ethyl adjacent to an activating group) is 1. The number of hydrogen-bond donors (Lipinski definition) is 2. The molecule has 1 saturated carbocycles. The second kappa shape index (κ2) is 3.44. The summed E-state index contributed by atoms with van der Waals surface area (Å²) >= 11 is 0. The Morgan fingerprint density at radius 3 is 2.67 bits per heavy atom. The summed E-state index contributed by atoms with van der Waals surface area (Å²) < 4.78 is 0. The van der Waals surface area contributed by atoms with Gasteiger partial charge in [-0.25, -0.2) is 0 Å². The molecule has 0 saturated heterocycles. The van der Waals surface area contributed by atoms with Crippen LogP contribution in [0.1, 0.15) is 32.6 Å². The Morgan fingerprint density at radius 2 is 2.42 bits per heavy atom. The van der Waals surface area contributed by atoms with Crippen LogP contribution < -0.4 is 11.1 Å². The Hall–Kier alpha value is -0.570. The van der Waals surface area contributed by atoms with Gasteiger partial charge in [0, 0.05) is 0 Å². The van der Waals surface area contributed by atoms with Crippen LogP contribution in [0.2, 0.25) is 0 Å². The largest absolute Gasteiger partial charge is 0.368 e. The van der Waals surface area contributed by atoms with Gasteiger partial charge in [-0.05, 0) is 32.2 Å². The van der Waals surface area contributed by atoms with Crippen molar-refractivity contribution in [2.24, 2.45) is 11.7 Å². The van der Waals surface area contributed by atoms with Crippen molar-refractivity contribution in [3.8, 4) is 0 Å². The fourth-order valence-corrected chi connectivity index (χ4v) is 2.07. The summed E-state index contributed by atoms with van der Waals surface area (Å²) in [5.41, 5.74) is 4.96.